The average Bonchev–Trinajstić information content (AvgIpc) is 2.61. The van der Waals surface area contributed by atoms with Crippen LogP contribution in [0.1, 0.15) is 39.2 Å². The highest BCUT2D eigenvalue weighted by Gasteiger charge is 2.28. The van der Waals surface area contributed by atoms with Gasteiger partial charge in [0.05, 0.1) is 0 Å². The van der Waals surface area contributed by atoms with Crippen molar-refractivity contribution >= 4 is 11.6 Å². The summed E-state index contributed by atoms with van der Waals surface area (Å²) in [6.45, 7) is 11.7. The zero-order valence-corrected chi connectivity index (χ0v) is 15.3. The maximum atomic E-state index is 12.6. The van der Waals surface area contributed by atoms with Gasteiger partial charge in [-0.05, 0) is 36.0 Å². The second kappa shape index (κ2) is 7.14. The van der Waals surface area contributed by atoms with E-state index in [1.54, 1.807) is 0 Å². The van der Waals surface area contributed by atoms with Gasteiger partial charge in [0.15, 0.2) is 0 Å². The van der Waals surface area contributed by atoms with Crippen molar-refractivity contribution in [3.63, 3.8) is 0 Å². The van der Waals surface area contributed by atoms with E-state index in [1.807, 2.05) is 0 Å². The summed E-state index contributed by atoms with van der Waals surface area (Å²) in [5.41, 5.74) is 2.81. The van der Waals surface area contributed by atoms with Gasteiger partial charge >= 0.3 is 0 Å². The van der Waals surface area contributed by atoms with Crippen molar-refractivity contribution in [3.8, 4) is 0 Å². The monoisotopic (exact) mass is 330 g/mol. The molecule has 0 saturated carbocycles. The highest BCUT2D eigenvalue weighted by molar-refractivity contribution is 5.79. The first kappa shape index (κ1) is 17.3. The Labute approximate surface area is 145 Å². The molecule has 4 nitrogen and oxygen atoms in total. The van der Waals surface area contributed by atoms with Crippen LogP contribution < -0.4 is 4.90 Å². The summed E-state index contributed by atoms with van der Waals surface area (Å²) in [7, 11) is 0. The molecular weight excluding hydrogens is 300 g/mol. The lowest BCUT2D eigenvalue weighted by Crippen LogP contribution is -2.51. The standard InChI is InChI=1S/C20H30N2O2/c1-20(2,3)17-4-6-18(7-5-17)21-10-12-22(13-11-21)19(23)16-8-14-24-15-9-16/h4-7,16H,8-15H2,1-3H3. The number of rotatable bonds is 2. The minimum Gasteiger partial charge on any atom is -0.381 e. The van der Waals surface area contributed by atoms with E-state index in [1.165, 1.54) is 11.3 Å². The number of carbonyl (C=O) groups excluding carboxylic acids is 1. The molecular formula is C20H30N2O2. The number of hydrogen-bond acceptors (Lipinski definition) is 3. The van der Waals surface area contributed by atoms with E-state index in [0.717, 1.165) is 52.2 Å². The number of anilines is 1. The average molecular weight is 330 g/mol. The summed E-state index contributed by atoms with van der Waals surface area (Å²) in [6.07, 6.45) is 1.76. The molecule has 1 aromatic carbocycles. The van der Waals surface area contributed by atoms with Gasteiger partial charge in [-0.2, -0.15) is 0 Å². The Morgan fingerprint density at radius 1 is 1.00 bits per heavy atom. The summed E-state index contributed by atoms with van der Waals surface area (Å²) >= 11 is 0. The molecule has 0 aromatic heterocycles. The smallest absolute Gasteiger partial charge is 0.225 e. The molecule has 0 bridgehead atoms. The third-order valence-electron chi connectivity index (χ3n) is 5.26. The summed E-state index contributed by atoms with van der Waals surface area (Å²) in [6, 6.07) is 8.90. The van der Waals surface area contributed by atoms with Crippen LogP contribution in [-0.2, 0) is 14.9 Å². The second-order valence-electron chi connectivity index (χ2n) is 8.00. The van der Waals surface area contributed by atoms with Crippen LogP contribution in [0.5, 0.6) is 0 Å². The highest BCUT2D eigenvalue weighted by Crippen LogP contribution is 2.26. The number of hydrogen-bond donors (Lipinski definition) is 0. The van der Waals surface area contributed by atoms with E-state index in [0.29, 0.717) is 5.91 Å². The molecule has 2 aliphatic rings. The van der Waals surface area contributed by atoms with Gasteiger partial charge in [0.1, 0.15) is 0 Å². The van der Waals surface area contributed by atoms with Crippen LogP contribution in [0.3, 0.4) is 0 Å². The fourth-order valence-corrected chi connectivity index (χ4v) is 3.56. The van der Waals surface area contributed by atoms with Gasteiger partial charge in [-0.1, -0.05) is 32.9 Å². The van der Waals surface area contributed by atoms with Gasteiger partial charge in [0.25, 0.3) is 0 Å². The molecule has 0 unspecified atom stereocenters. The van der Waals surface area contributed by atoms with Crippen LogP contribution >= 0.6 is 0 Å². The molecule has 0 spiro atoms. The molecule has 132 valence electrons. The molecule has 1 aromatic rings. The maximum absolute atomic E-state index is 12.6. The SMILES string of the molecule is CC(C)(C)c1ccc(N2CCN(C(=O)C3CCOCC3)CC2)cc1. The Morgan fingerprint density at radius 3 is 2.12 bits per heavy atom. The van der Waals surface area contributed by atoms with E-state index >= 15 is 0 Å². The lowest BCUT2D eigenvalue weighted by molar-refractivity contribution is -0.138. The van der Waals surface area contributed by atoms with Crippen molar-refractivity contribution in [3.05, 3.63) is 29.8 Å². The molecule has 4 heteroatoms. The van der Waals surface area contributed by atoms with Gasteiger partial charge in [0.2, 0.25) is 5.91 Å². The summed E-state index contributed by atoms with van der Waals surface area (Å²) in [5.74, 6) is 0.511. The third-order valence-corrected chi connectivity index (χ3v) is 5.26. The van der Waals surface area contributed by atoms with Gasteiger partial charge in [-0.3, -0.25) is 4.79 Å². The van der Waals surface area contributed by atoms with Crippen molar-refractivity contribution in [2.24, 2.45) is 5.92 Å². The normalized spacial score (nSPS) is 20.3. The molecule has 0 radical (unpaired) electrons. The first-order valence-electron chi connectivity index (χ1n) is 9.17. The van der Waals surface area contributed by atoms with E-state index < -0.39 is 0 Å². The molecule has 0 N–H and O–H groups in total. The molecule has 2 saturated heterocycles. The Kier molecular flexibility index (Phi) is 5.14. The molecule has 2 aliphatic heterocycles. The van der Waals surface area contributed by atoms with Crippen molar-refractivity contribution in [1.29, 1.82) is 0 Å². The molecule has 24 heavy (non-hydrogen) atoms. The van der Waals surface area contributed by atoms with Crippen molar-refractivity contribution < 1.29 is 9.53 Å². The predicted octanol–water partition coefficient (Wildman–Crippen LogP) is 3.06. The highest BCUT2D eigenvalue weighted by atomic mass is 16.5. The molecule has 0 aliphatic carbocycles. The molecule has 2 heterocycles. The van der Waals surface area contributed by atoms with Gasteiger partial charge in [-0.25, -0.2) is 0 Å². The predicted molar refractivity (Wildman–Crippen MR) is 97.5 cm³/mol. The molecule has 2 fully saturated rings. The van der Waals surface area contributed by atoms with Crippen LogP contribution in [0.2, 0.25) is 0 Å². The largest absolute Gasteiger partial charge is 0.381 e. The number of ether oxygens (including phenoxy) is 1. The molecule has 0 atom stereocenters. The van der Waals surface area contributed by atoms with E-state index in [-0.39, 0.29) is 11.3 Å². The zero-order chi connectivity index (χ0) is 17.2. The van der Waals surface area contributed by atoms with Crippen LogP contribution in [0, 0.1) is 5.92 Å². The van der Waals surface area contributed by atoms with Crippen LogP contribution in [0.25, 0.3) is 0 Å². The quantitative estimate of drug-likeness (QED) is 0.835. The maximum Gasteiger partial charge on any atom is 0.225 e. The van der Waals surface area contributed by atoms with Crippen LogP contribution in [0.4, 0.5) is 5.69 Å². The first-order valence-corrected chi connectivity index (χ1v) is 9.17. The summed E-state index contributed by atoms with van der Waals surface area (Å²) in [5, 5.41) is 0. The summed E-state index contributed by atoms with van der Waals surface area (Å²) in [4.78, 5) is 17.0. The Bertz CT molecular complexity index is 548. The van der Waals surface area contributed by atoms with E-state index in [4.69, 9.17) is 4.74 Å². The number of piperazine rings is 1. The van der Waals surface area contributed by atoms with Gasteiger partial charge in [0, 0.05) is 51.0 Å². The lowest BCUT2D eigenvalue weighted by Gasteiger charge is -2.38. The number of nitrogens with zero attached hydrogens (tertiary/aromatic N) is 2. The third kappa shape index (κ3) is 3.92. The fraction of sp³-hybridized carbons (Fsp3) is 0.650. The topological polar surface area (TPSA) is 32.8 Å². The first-order chi connectivity index (χ1) is 11.4. The van der Waals surface area contributed by atoms with Gasteiger partial charge in [-0.15, -0.1) is 0 Å². The van der Waals surface area contributed by atoms with E-state index in [2.05, 4.69) is 54.8 Å². The number of amides is 1. The Morgan fingerprint density at radius 2 is 1.58 bits per heavy atom. The fourth-order valence-electron chi connectivity index (χ4n) is 3.56. The summed E-state index contributed by atoms with van der Waals surface area (Å²) < 4.78 is 5.37. The second-order valence-corrected chi connectivity index (χ2v) is 8.00. The number of carbonyl (C=O) groups is 1. The Balaban J connectivity index is 1.55. The van der Waals surface area contributed by atoms with Crippen LogP contribution in [0.15, 0.2) is 24.3 Å². The minimum atomic E-state index is 0.177. The van der Waals surface area contributed by atoms with Gasteiger partial charge < -0.3 is 14.5 Å². The lowest BCUT2D eigenvalue weighted by atomic mass is 9.87. The zero-order valence-electron chi connectivity index (χ0n) is 15.3. The van der Waals surface area contributed by atoms with Crippen molar-refractivity contribution in [2.75, 3.05) is 44.3 Å². The number of benzene rings is 1. The van der Waals surface area contributed by atoms with Crippen molar-refractivity contribution in [2.45, 2.75) is 39.0 Å². The van der Waals surface area contributed by atoms with E-state index in [9.17, 15) is 4.79 Å². The minimum absolute atomic E-state index is 0.177. The van der Waals surface area contributed by atoms with Crippen molar-refractivity contribution in [1.82, 2.24) is 4.90 Å². The molecule has 3 rings (SSSR count). The van der Waals surface area contributed by atoms with Crippen LogP contribution in [-0.4, -0.2) is 50.2 Å². The molecule has 1 amide bonds. The Hall–Kier alpha value is -1.55.